The Labute approximate surface area is 122 Å². The number of imidazole rings is 1. The Morgan fingerprint density at radius 3 is 2.52 bits per heavy atom. The summed E-state index contributed by atoms with van der Waals surface area (Å²) in [5, 5.41) is 4.06. The average Bonchev–Trinajstić information content (AvgIpc) is 3.07. The summed E-state index contributed by atoms with van der Waals surface area (Å²) in [6, 6.07) is 7.69. The van der Waals surface area contributed by atoms with Gasteiger partial charge in [-0.3, -0.25) is 0 Å². The van der Waals surface area contributed by atoms with Crippen LogP contribution in [0.1, 0.15) is 25.3 Å². The average molecular weight is 283 g/mol. The van der Waals surface area contributed by atoms with Gasteiger partial charge in [0.1, 0.15) is 5.69 Å². The highest BCUT2D eigenvalue weighted by Crippen LogP contribution is 2.31. The molecule has 0 aliphatic carbocycles. The lowest BCUT2D eigenvalue weighted by Crippen LogP contribution is -2.19. The van der Waals surface area contributed by atoms with Gasteiger partial charge in [0, 0.05) is 12.7 Å². The molecule has 3 aromatic rings. The molecule has 0 bridgehead atoms. The summed E-state index contributed by atoms with van der Waals surface area (Å²) in [4.78, 5) is 8.58. The van der Waals surface area contributed by atoms with Crippen molar-refractivity contribution in [3.63, 3.8) is 0 Å². The lowest BCUT2D eigenvalue weighted by molar-refractivity contribution is 0.332. The van der Waals surface area contributed by atoms with Crippen LogP contribution in [0.15, 0.2) is 41.3 Å². The van der Waals surface area contributed by atoms with Crippen LogP contribution in [-0.4, -0.2) is 19.7 Å². The van der Waals surface area contributed by atoms with Crippen LogP contribution in [0.25, 0.3) is 11.5 Å². The van der Waals surface area contributed by atoms with Crippen LogP contribution in [0, 0.1) is 0 Å². The molecule has 0 radical (unpaired) electrons. The fourth-order valence-corrected chi connectivity index (χ4v) is 2.18. The van der Waals surface area contributed by atoms with Crippen molar-refractivity contribution in [3.8, 4) is 11.5 Å². The summed E-state index contributed by atoms with van der Waals surface area (Å²) < 4.78 is 7.31. The molecular formula is C15H17N5O. The zero-order valence-corrected chi connectivity index (χ0v) is 12.2. The second kappa shape index (κ2) is 4.73. The van der Waals surface area contributed by atoms with Gasteiger partial charge in [-0.1, -0.05) is 17.3 Å². The molecule has 3 rings (SSSR count). The zero-order chi connectivity index (χ0) is 15.0. The summed E-state index contributed by atoms with van der Waals surface area (Å²) >= 11 is 0. The molecule has 0 fully saturated rings. The Morgan fingerprint density at radius 1 is 1.19 bits per heavy atom. The quantitative estimate of drug-likeness (QED) is 0.746. The van der Waals surface area contributed by atoms with Gasteiger partial charge in [-0.05, 0) is 31.5 Å². The van der Waals surface area contributed by atoms with Crippen molar-refractivity contribution in [2.24, 2.45) is 7.05 Å². The van der Waals surface area contributed by atoms with E-state index in [2.05, 4.69) is 15.1 Å². The molecular weight excluding hydrogens is 266 g/mol. The highest BCUT2D eigenvalue weighted by Gasteiger charge is 2.30. The largest absolute Gasteiger partial charge is 0.399 e. The summed E-state index contributed by atoms with van der Waals surface area (Å²) in [7, 11) is 1.89. The first-order valence-corrected chi connectivity index (χ1v) is 6.65. The fourth-order valence-electron chi connectivity index (χ4n) is 2.18. The molecule has 2 aromatic heterocycles. The molecule has 0 aliphatic heterocycles. The van der Waals surface area contributed by atoms with Gasteiger partial charge in [0.2, 0.25) is 11.7 Å². The van der Waals surface area contributed by atoms with Crippen molar-refractivity contribution < 1.29 is 4.52 Å². The number of anilines is 1. The maximum absolute atomic E-state index is 5.73. The van der Waals surface area contributed by atoms with E-state index < -0.39 is 5.41 Å². The zero-order valence-electron chi connectivity index (χ0n) is 12.2. The molecule has 0 amide bonds. The van der Waals surface area contributed by atoms with Crippen LogP contribution in [-0.2, 0) is 12.5 Å². The summed E-state index contributed by atoms with van der Waals surface area (Å²) in [5.74, 6) is 1.09. The SMILES string of the molecule is Cn1cncc1-c1noc(C(C)(C)c2ccc(N)cc2)n1. The minimum absolute atomic E-state index is 0.391. The lowest BCUT2D eigenvalue weighted by Gasteiger charge is -2.20. The van der Waals surface area contributed by atoms with E-state index in [-0.39, 0.29) is 0 Å². The van der Waals surface area contributed by atoms with Crippen molar-refractivity contribution in [1.29, 1.82) is 0 Å². The van der Waals surface area contributed by atoms with Crippen molar-refractivity contribution in [3.05, 3.63) is 48.2 Å². The molecule has 0 atom stereocenters. The highest BCUT2D eigenvalue weighted by atomic mass is 16.5. The normalized spacial score (nSPS) is 11.8. The monoisotopic (exact) mass is 283 g/mol. The molecule has 0 saturated heterocycles. The molecule has 0 aliphatic rings. The first-order chi connectivity index (χ1) is 9.98. The summed E-state index contributed by atoms with van der Waals surface area (Å²) in [6.45, 7) is 4.08. The number of nitrogens with two attached hydrogens (primary N) is 1. The number of hydrogen-bond donors (Lipinski definition) is 1. The molecule has 1 aromatic carbocycles. The topological polar surface area (TPSA) is 82.8 Å². The third-order valence-electron chi connectivity index (χ3n) is 3.64. The van der Waals surface area contributed by atoms with Crippen molar-refractivity contribution in [1.82, 2.24) is 19.7 Å². The van der Waals surface area contributed by atoms with E-state index in [0.29, 0.717) is 11.7 Å². The molecule has 6 nitrogen and oxygen atoms in total. The number of nitrogens with zero attached hydrogens (tertiary/aromatic N) is 4. The standard InChI is InChI=1S/C15H17N5O/c1-15(2,10-4-6-11(16)7-5-10)14-18-13(19-21-14)12-8-17-9-20(12)3/h4-9H,16H2,1-3H3. The Hall–Kier alpha value is -2.63. The maximum Gasteiger partial charge on any atom is 0.237 e. The third-order valence-corrected chi connectivity index (χ3v) is 3.64. The van der Waals surface area contributed by atoms with E-state index in [1.807, 2.05) is 49.7 Å². The van der Waals surface area contributed by atoms with Crippen LogP contribution in [0.5, 0.6) is 0 Å². The van der Waals surface area contributed by atoms with Crippen molar-refractivity contribution in [2.75, 3.05) is 5.73 Å². The van der Waals surface area contributed by atoms with Gasteiger partial charge in [-0.2, -0.15) is 4.98 Å². The minimum atomic E-state index is -0.391. The number of hydrogen-bond acceptors (Lipinski definition) is 5. The van der Waals surface area contributed by atoms with Crippen LogP contribution in [0.3, 0.4) is 0 Å². The summed E-state index contributed by atoms with van der Waals surface area (Å²) in [6.07, 6.45) is 3.42. The predicted octanol–water partition coefficient (Wildman–Crippen LogP) is 2.38. The second-order valence-electron chi connectivity index (χ2n) is 5.56. The van der Waals surface area contributed by atoms with E-state index in [1.165, 1.54) is 0 Å². The van der Waals surface area contributed by atoms with Gasteiger partial charge in [0.15, 0.2) is 0 Å². The van der Waals surface area contributed by atoms with Crippen molar-refractivity contribution in [2.45, 2.75) is 19.3 Å². The Morgan fingerprint density at radius 2 is 1.90 bits per heavy atom. The van der Waals surface area contributed by atoms with Crippen molar-refractivity contribution >= 4 is 5.69 Å². The molecule has 0 saturated carbocycles. The second-order valence-corrected chi connectivity index (χ2v) is 5.56. The van der Waals surface area contributed by atoms with E-state index in [9.17, 15) is 0 Å². The molecule has 108 valence electrons. The molecule has 2 N–H and O–H groups in total. The van der Waals surface area contributed by atoms with Gasteiger partial charge in [0.25, 0.3) is 0 Å². The highest BCUT2D eigenvalue weighted by molar-refractivity contribution is 5.48. The molecule has 2 heterocycles. The maximum atomic E-state index is 5.73. The summed E-state index contributed by atoms with van der Waals surface area (Å²) in [5.41, 5.74) is 7.96. The van der Waals surface area contributed by atoms with E-state index in [1.54, 1.807) is 12.5 Å². The first-order valence-electron chi connectivity index (χ1n) is 6.65. The number of rotatable bonds is 3. The first kappa shape index (κ1) is 13.4. The third kappa shape index (κ3) is 2.29. The smallest absolute Gasteiger partial charge is 0.237 e. The lowest BCUT2D eigenvalue weighted by atomic mass is 9.84. The fraction of sp³-hybridized carbons (Fsp3) is 0.267. The van der Waals surface area contributed by atoms with Crippen LogP contribution < -0.4 is 5.73 Å². The van der Waals surface area contributed by atoms with Crippen LogP contribution in [0.2, 0.25) is 0 Å². The molecule has 6 heteroatoms. The Kier molecular flexibility index (Phi) is 3.01. The molecule has 0 unspecified atom stereocenters. The van der Waals surface area contributed by atoms with Gasteiger partial charge >= 0.3 is 0 Å². The van der Waals surface area contributed by atoms with Gasteiger partial charge in [-0.25, -0.2) is 4.98 Å². The number of aryl methyl sites for hydroxylation is 1. The number of nitrogen functional groups attached to an aromatic ring is 1. The number of benzene rings is 1. The Balaban J connectivity index is 1.98. The van der Waals surface area contributed by atoms with E-state index >= 15 is 0 Å². The van der Waals surface area contributed by atoms with Gasteiger partial charge in [0.05, 0.1) is 17.9 Å². The molecule has 0 spiro atoms. The Bertz CT molecular complexity index is 754. The predicted molar refractivity (Wildman–Crippen MR) is 79.5 cm³/mol. The van der Waals surface area contributed by atoms with Crippen LogP contribution >= 0.6 is 0 Å². The van der Waals surface area contributed by atoms with Gasteiger partial charge in [-0.15, -0.1) is 0 Å². The molecule has 21 heavy (non-hydrogen) atoms. The van der Waals surface area contributed by atoms with Crippen LogP contribution in [0.4, 0.5) is 5.69 Å². The van der Waals surface area contributed by atoms with Gasteiger partial charge < -0.3 is 14.8 Å². The van der Waals surface area contributed by atoms with E-state index in [4.69, 9.17) is 10.3 Å². The minimum Gasteiger partial charge on any atom is -0.399 e. The van der Waals surface area contributed by atoms with E-state index in [0.717, 1.165) is 16.9 Å². The number of aromatic nitrogens is 4.